The quantitative estimate of drug-likeness (QED) is 0.119. The lowest BCUT2D eigenvalue weighted by atomic mass is 9.99. The van der Waals surface area contributed by atoms with Crippen molar-refractivity contribution in [2.24, 2.45) is 5.92 Å². The molecule has 9 heteroatoms. The number of hydrogen-bond acceptors (Lipinski definition) is 7. The minimum atomic E-state index is -0.591. The minimum Gasteiger partial charge on any atom is -0.463 e. The molecule has 0 radical (unpaired) electrons. The maximum atomic E-state index is 13.1. The van der Waals surface area contributed by atoms with Crippen molar-refractivity contribution in [3.63, 3.8) is 0 Å². The molecule has 3 N–H and O–H groups in total. The van der Waals surface area contributed by atoms with Gasteiger partial charge in [-0.25, -0.2) is 0 Å². The second-order valence-electron chi connectivity index (χ2n) is 8.54. The van der Waals surface area contributed by atoms with E-state index in [4.69, 9.17) is 14.6 Å². The van der Waals surface area contributed by atoms with Gasteiger partial charge >= 0.3 is 5.97 Å². The van der Waals surface area contributed by atoms with Gasteiger partial charge in [-0.1, -0.05) is 42.5 Å². The molecule has 0 spiro atoms. The van der Waals surface area contributed by atoms with Crippen molar-refractivity contribution in [1.82, 2.24) is 10.6 Å². The van der Waals surface area contributed by atoms with Crippen LogP contribution in [0.5, 0.6) is 0 Å². The van der Waals surface area contributed by atoms with Crippen LogP contribution in [0.2, 0.25) is 0 Å². The summed E-state index contributed by atoms with van der Waals surface area (Å²) in [5, 5.41) is 14.4. The third-order valence-corrected chi connectivity index (χ3v) is 6.50. The Bertz CT molecular complexity index is 805. The molecule has 8 nitrogen and oxygen atoms in total. The van der Waals surface area contributed by atoms with E-state index in [1.165, 1.54) is 5.56 Å². The van der Waals surface area contributed by atoms with Crippen molar-refractivity contribution in [2.45, 2.75) is 50.3 Å². The van der Waals surface area contributed by atoms with Crippen molar-refractivity contribution in [1.29, 1.82) is 0 Å². The highest BCUT2D eigenvalue weighted by Gasteiger charge is 2.24. The average molecular weight is 535 g/mol. The highest BCUT2D eigenvalue weighted by molar-refractivity contribution is 7.98. The summed E-state index contributed by atoms with van der Waals surface area (Å²) in [5.74, 6) is -0.109. The lowest BCUT2D eigenvalue weighted by molar-refractivity contribution is -0.145. The average Bonchev–Trinajstić information content (AvgIpc) is 2.89. The molecule has 0 saturated heterocycles. The van der Waals surface area contributed by atoms with Gasteiger partial charge in [0.2, 0.25) is 11.8 Å². The van der Waals surface area contributed by atoms with Gasteiger partial charge in [-0.3, -0.25) is 14.4 Å². The second kappa shape index (κ2) is 21.5. The van der Waals surface area contributed by atoms with Crippen LogP contribution in [0.3, 0.4) is 0 Å². The Hall–Kier alpha value is -2.62. The molecule has 0 aromatic heterocycles. The van der Waals surface area contributed by atoms with Gasteiger partial charge in [-0.15, -0.1) is 13.2 Å². The number of aliphatic hydroxyl groups excluding tert-OH is 1. The Balaban J connectivity index is 2.65. The summed E-state index contributed by atoms with van der Waals surface area (Å²) in [7, 11) is 0. The Morgan fingerprint density at radius 2 is 1.86 bits per heavy atom. The number of benzene rings is 1. The fourth-order valence-corrected chi connectivity index (χ4v) is 4.39. The van der Waals surface area contributed by atoms with Gasteiger partial charge in [0.25, 0.3) is 0 Å². The van der Waals surface area contributed by atoms with Crippen LogP contribution in [-0.4, -0.2) is 67.7 Å². The van der Waals surface area contributed by atoms with E-state index in [1.54, 1.807) is 17.8 Å². The van der Waals surface area contributed by atoms with E-state index >= 15 is 0 Å². The van der Waals surface area contributed by atoms with Crippen LogP contribution >= 0.6 is 11.8 Å². The fraction of sp³-hybridized carbons (Fsp3) is 0.536. The molecule has 206 valence electrons. The summed E-state index contributed by atoms with van der Waals surface area (Å²) < 4.78 is 10.6. The molecule has 0 aliphatic rings. The van der Waals surface area contributed by atoms with E-state index in [1.807, 2.05) is 36.4 Å². The van der Waals surface area contributed by atoms with Crippen molar-refractivity contribution in [2.75, 3.05) is 38.7 Å². The Morgan fingerprint density at radius 1 is 1.08 bits per heavy atom. The zero-order valence-electron chi connectivity index (χ0n) is 21.7. The molecule has 0 aliphatic carbocycles. The predicted octanol–water partition coefficient (Wildman–Crippen LogP) is 3.40. The van der Waals surface area contributed by atoms with Crippen LogP contribution in [0, 0.1) is 5.92 Å². The van der Waals surface area contributed by atoms with Crippen LogP contribution in [-0.2, 0) is 29.6 Å². The Kier molecular flexibility index (Phi) is 18.8. The zero-order chi connectivity index (χ0) is 27.1. The topological polar surface area (TPSA) is 114 Å². The maximum absolute atomic E-state index is 13.1. The number of unbranched alkanes of at least 4 members (excludes halogenated alkanes) is 2. The number of nitrogens with one attached hydrogen (secondary N) is 2. The van der Waals surface area contributed by atoms with Gasteiger partial charge in [0.15, 0.2) is 0 Å². The van der Waals surface area contributed by atoms with Crippen molar-refractivity contribution in [3.8, 4) is 0 Å². The number of carbonyl (C=O) groups excluding carboxylic acids is 3. The molecular formula is C28H42N2O6S. The molecule has 0 aliphatic heterocycles. The number of amides is 2. The number of ether oxygens (including phenoxy) is 2. The third-order valence-electron chi connectivity index (χ3n) is 5.32. The van der Waals surface area contributed by atoms with Crippen molar-refractivity contribution < 1.29 is 29.0 Å². The molecule has 2 amide bonds. The first-order valence-corrected chi connectivity index (χ1v) is 13.9. The fourth-order valence-electron chi connectivity index (χ4n) is 3.38. The first-order valence-electron chi connectivity index (χ1n) is 12.7. The van der Waals surface area contributed by atoms with Crippen LogP contribution in [0.15, 0.2) is 55.6 Å². The summed E-state index contributed by atoms with van der Waals surface area (Å²) >= 11 is 1.64. The molecule has 0 bridgehead atoms. The number of allylic oxidation sites excluding steroid dienone is 2. The maximum Gasteiger partial charge on any atom is 0.305 e. The highest BCUT2D eigenvalue weighted by atomic mass is 32.2. The number of rotatable bonds is 22. The summed E-state index contributed by atoms with van der Waals surface area (Å²) in [5.41, 5.74) is 1.17. The molecule has 0 heterocycles. The molecule has 1 aromatic carbocycles. The first kappa shape index (κ1) is 32.4. The molecule has 37 heavy (non-hydrogen) atoms. The zero-order valence-corrected chi connectivity index (χ0v) is 22.5. The van der Waals surface area contributed by atoms with E-state index in [2.05, 4.69) is 23.8 Å². The standard InChI is InChI=1S/C28H42N2O6S/c1-3-5-6-10-14-27(33)36-20-25(22-37-21-23-12-8-7-9-13-23)30-28(34)24(11-4-2)19-26(32)29-15-17-35-18-16-31/h3-4,7-9,12-13,24-25,31H,1-2,5-6,10-11,14-22H2,(H,29,32)(H,30,34)/t24-,25-/m1/s1. The van der Waals surface area contributed by atoms with Crippen molar-refractivity contribution >= 4 is 29.5 Å². The van der Waals surface area contributed by atoms with E-state index in [-0.39, 0.29) is 56.7 Å². The first-order chi connectivity index (χ1) is 18.0. The number of aliphatic hydroxyl groups is 1. The minimum absolute atomic E-state index is 0.00478. The van der Waals surface area contributed by atoms with Crippen molar-refractivity contribution in [3.05, 3.63) is 61.2 Å². The highest BCUT2D eigenvalue weighted by Crippen LogP contribution is 2.15. The molecule has 1 aromatic rings. The van der Waals surface area contributed by atoms with Crippen LogP contribution in [0.4, 0.5) is 0 Å². The lowest BCUT2D eigenvalue weighted by Gasteiger charge is -2.22. The van der Waals surface area contributed by atoms with Gasteiger partial charge < -0.3 is 25.2 Å². The summed E-state index contributed by atoms with van der Waals surface area (Å²) in [4.78, 5) is 37.6. The van der Waals surface area contributed by atoms with Gasteiger partial charge in [-0.05, 0) is 31.2 Å². The Labute approximate surface area is 225 Å². The van der Waals surface area contributed by atoms with Crippen LogP contribution < -0.4 is 10.6 Å². The number of esters is 1. The number of hydrogen-bond donors (Lipinski definition) is 3. The predicted molar refractivity (Wildman–Crippen MR) is 148 cm³/mol. The molecular weight excluding hydrogens is 492 g/mol. The van der Waals surface area contributed by atoms with E-state index in [0.29, 0.717) is 25.1 Å². The summed E-state index contributed by atoms with van der Waals surface area (Å²) in [6, 6.07) is 9.61. The Morgan fingerprint density at radius 3 is 2.57 bits per heavy atom. The third kappa shape index (κ3) is 16.7. The van der Waals surface area contributed by atoms with Crippen LogP contribution in [0.25, 0.3) is 0 Å². The van der Waals surface area contributed by atoms with Crippen LogP contribution in [0.1, 0.15) is 44.1 Å². The smallest absolute Gasteiger partial charge is 0.305 e. The molecule has 0 fully saturated rings. The monoisotopic (exact) mass is 534 g/mol. The van der Waals surface area contributed by atoms with Gasteiger partial charge in [0.05, 0.1) is 31.8 Å². The molecule has 0 saturated carbocycles. The second-order valence-corrected chi connectivity index (χ2v) is 9.57. The van der Waals surface area contributed by atoms with Gasteiger partial charge in [-0.2, -0.15) is 11.8 Å². The van der Waals surface area contributed by atoms with E-state index in [0.717, 1.165) is 25.0 Å². The summed E-state index contributed by atoms with van der Waals surface area (Å²) in [6.45, 7) is 8.18. The molecule has 1 rings (SSSR count). The normalized spacial score (nSPS) is 12.2. The van der Waals surface area contributed by atoms with E-state index in [9.17, 15) is 14.4 Å². The lowest BCUT2D eigenvalue weighted by Crippen LogP contribution is -2.44. The van der Waals surface area contributed by atoms with Gasteiger partial charge in [0.1, 0.15) is 6.61 Å². The molecule has 0 unspecified atom stereocenters. The largest absolute Gasteiger partial charge is 0.463 e. The number of thioether (sulfide) groups is 1. The SMILES string of the molecule is C=CCCCCC(=O)OC[C@H](CSCc1ccccc1)NC(=O)[C@H](CC=C)CC(=O)NCCOCCO. The molecule has 2 atom stereocenters. The van der Waals surface area contributed by atoms with E-state index < -0.39 is 5.92 Å². The number of carbonyl (C=O) groups is 3. The summed E-state index contributed by atoms with van der Waals surface area (Å²) in [6.07, 6.45) is 6.58. The van der Waals surface area contributed by atoms with Gasteiger partial charge in [0, 0.05) is 30.9 Å².